The first-order valence-corrected chi connectivity index (χ1v) is 26.2. The van der Waals surface area contributed by atoms with Crippen LogP contribution in [-0.4, -0.2) is 3.21 Å². The Morgan fingerprint density at radius 3 is 1.41 bits per heavy atom. The van der Waals surface area contributed by atoms with Crippen LogP contribution in [0.3, 0.4) is 0 Å². The number of hydrogen-bond acceptors (Lipinski definition) is 0. The van der Waals surface area contributed by atoms with Gasteiger partial charge in [0.05, 0.1) is 0 Å². The molecule has 6 rings (SSSR count). The Kier molecular flexibility index (Phi) is 7.84. The topological polar surface area (TPSA) is 0 Å². The molecule has 226 valence electrons. The molecule has 4 aromatic rings. The normalized spacial score (nSPS) is 17.2. The van der Waals surface area contributed by atoms with Crippen molar-refractivity contribution in [2.45, 2.75) is 73.5 Å². The Bertz CT molecular complexity index is 1780. The molecule has 0 N–H and O–H groups in total. The number of benzene rings is 4. The first kappa shape index (κ1) is 31.7. The third-order valence-corrected chi connectivity index (χ3v) is 29.7. The van der Waals surface area contributed by atoms with E-state index in [0.29, 0.717) is 0 Å². The summed E-state index contributed by atoms with van der Waals surface area (Å²) in [5, 5.41) is 0. The molecule has 2 aliphatic carbocycles. The molecular formula is C41H44Cl2Zr. The predicted molar refractivity (Wildman–Crippen MR) is 190 cm³/mol. The number of halogens is 2. The molecule has 0 nitrogen and oxygen atoms in total. The second-order valence-corrected chi connectivity index (χ2v) is 35.7. The third kappa shape index (κ3) is 5.12. The first-order valence-electron chi connectivity index (χ1n) is 15.8. The monoisotopic (exact) mass is 696 g/mol. The van der Waals surface area contributed by atoms with Gasteiger partial charge in [0.15, 0.2) is 0 Å². The fourth-order valence-electron chi connectivity index (χ4n) is 7.62. The molecule has 0 bridgehead atoms. The molecule has 3 heteroatoms. The van der Waals surface area contributed by atoms with Crippen molar-refractivity contribution in [3.8, 4) is 11.1 Å². The Morgan fingerprint density at radius 1 is 0.614 bits per heavy atom. The van der Waals surface area contributed by atoms with Crippen LogP contribution in [0, 0.1) is 0 Å². The van der Waals surface area contributed by atoms with E-state index >= 15 is 0 Å². The van der Waals surface area contributed by atoms with Gasteiger partial charge in [0, 0.05) is 0 Å². The summed E-state index contributed by atoms with van der Waals surface area (Å²) in [6, 6.07) is 35.6. The number of hydrogen-bond donors (Lipinski definition) is 0. The zero-order chi connectivity index (χ0) is 31.7. The Morgan fingerprint density at radius 2 is 1.05 bits per heavy atom. The van der Waals surface area contributed by atoms with Crippen LogP contribution in [-0.2, 0) is 26.7 Å². The van der Waals surface area contributed by atoms with Crippen molar-refractivity contribution < 1.29 is 15.9 Å². The van der Waals surface area contributed by atoms with Crippen molar-refractivity contribution in [2.24, 2.45) is 0 Å². The summed E-state index contributed by atoms with van der Waals surface area (Å²) in [4.78, 5) is 0. The number of allylic oxidation sites excluding steroid dienone is 4. The SMILES string of the molecule is CC1=C[CH]([Zr]([Cl])([Cl])(=[C](c2ccccc2)c2ccccc2)[CH]2c3ccc(C(C)(C)C)cc3-c3cc(C(C)(C)C)ccc32)C(C)=C1. The van der Waals surface area contributed by atoms with E-state index in [-0.39, 0.29) is 18.1 Å². The maximum atomic E-state index is 8.77. The van der Waals surface area contributed by atoms with Gasteiger partial charge in [-0.2, -0.15) is 0 Å². The standard InChI is InChI=1S/C21H25.C13H10.C7H9.2ClH.Zr/c1-20(2,3)16-9-7-14-11-15-8-10-17(21(4,5)6)13-19(15)18(14)12-16;1-3-7-12(8-4-1)11-13-9-5-2-6-10-13;1-6-3-4-7(2)5-6;;;/h7-13H,1-6H3;1-10H;3-5H,1-2H3;2*1H;/q;;;;;+2/p-2. The van der Waals surface area contributed by atoms with Gasteiger partial charge in [-0.25, -0.2) is 0 Å². The van der Waals surface area contributed by atoms with E-state index in [1.165, 1.54) is 44.5 Å². The maximum absolute atomic E-state index is 8.77. The predicted octanol–water partition coefficient (Wildman–Crippen LogP) is 12.3. The second-order valence-electron chi connectivity index (χ2n) is 15.1. The van der Waals surface area contributed by atoms with Crippen LogP contribution in [0.25, 0.3) is 11.1 Å². The van der Waals surface area contributed by atoms with Gasteiger partial charge in [0.25, 0.3) is 0 Å². The summed E-state index contributed by atoms with van der Waals surface area (Å²) in [5.41, 5.74) is 12.5. The molecule has 0 aromatic heterocycles. The Labute approximate surface area is 272 Å². The summed E-state index contributed by atoms with van der Waals surface area (Å²) < 4.78 is 0.963. The van der Waals surface area contributed by atoms with E-state index in [2.05, 4.69) is 165 Å². The molecule has 0 saturated carbocycles. The minimum atomic E-state index is -5.38. The molecule has 0 spiro atoms. The van der Waals surface area contributed by atoms with Gasteiger partial charge >= 0.3 is 274 Å². The van der Waals surface area contributed by atoms with Crippen molar-refractivity contribution in [1.82, 2.24) is 0 Å². The van der Waals surface area contributed by atoms with Gasteiger partial charge in [-0.1, -0.05) is 0 Å². The molecule has 0 amide bonds. The van der Waals surface area contributed by atoms with Crippen LogP contribution in [0.15, 0.2) is 120 Å². The van der Waals surface area contributed by atoms with Gasteiger partial charge < -0.3 is 0 Å². The fourth-order valence-corrected chi connectivity index (χ4v) is 29.3. The number of rotatable bonds is 4. The summed E-state index contributed by atoms with van der Waals surface area (Å²) in [6.45, 7) is 18.1. The minimum absolute atomic E-state index is 0.0187. The summed E-state index contributed by atoms with van der Waals surface area (Å²) in [6.07, 6.45) is 4.66. The molecular weight excluding hydrogens is 655 g/mol. The second kappa shape index (κ2) is 10.9. The Balaban J connectivity index is 1.83. The summed E-state index contributed by atoms with van der Waals surface area (Å²) in [7, 11) is 17.5. The molecule has 0 radical (unpaired) electrons. The van der Waals surface area contributed by atoms with Crippen LogP contribution < -0.4 is 0 Å². The summed E-state index contributed by atoms with van der Waals surface area (Å²) >= 11 is -5.38. The van der Waals surface area contributed by atoms with E-state index < -0.39 is 15.9 Å². The third-order valence-electron chi connectivity index (χ3n) is 9.83. The average Bonchev–Trinajstić information content (AvgIpc) is 3.50. The fraction of sp³-hybridized carbons (Fsp3) is 0.293. The van der Waals surface area contributed by atoms with E-state index in [4.69, 9.17) is 17.0 Å². The zero-order valence-electron chi connectivity index (χ0n) is 27.3. The van der Waals surface area contributed by atoms with Crippen molar-refractivity contribution in [3.05, 3.63) is 154 Å². The molecule has 1 unspecified atom stereocenters. The molecule has 1 atom stereocenters. The molecule has 0 aliphatic heterocycles. The van der Waals surface area contributed by atoms with Crippen LogP contribution >= 0.6 is 17.0 Å². The van der Waals surface area contributed by atoms with E-state index in [0.717, 1.165) is 14.3 Å². The molecule has 0 heterocycles. The molecule has 0 fully saturated rings. The molecule has 4 aromatic carbocycles. The van der Waals surface area contributed by atoms with Gasteiger partial charge in [-0.3, -0.25) is 0 Å². The van der Waals surface area contributed by atoms with Gasteiger partial charge in [-0.05, 0) is 0 Å². The van der Waals surface area contributed by atoms with Crippen LogP contribution in [0.5, 0.6) is 0 Å². The quantitative estimate of drug-likeness (QED) is 0.199. The molecule has 2 aliphatic rings. The van der Waals surface area contributed by atoms with Crippen LogP contribution in [0.4, 0.5) is 0 Å². The first-order chi connectivity index (χ1) is 20.6. The number of fused-ring (bicyclic) bond motifs is 3. The van der Waals surface area contributed by atoms with Crippen molar-refractivity contribution in [3.63, 3.8) is 0 Å². The van der Waals surface area contributed by atoms with E-state index in [1.54, 1.807) is 0 Å². The average molecular weight is 699 g/mol. The van der Waals surface area contributed by atoms with Gasteiger partial charge in [0.2, 0.25) is 0 Å². The van der Waals surface area contributed by atoms with E-state index in [9.17, 15) is 0 Å². The van der Waals surface area contributed by atoms with Gasteiger partial charge in [0.1, 0.15) is 0 Å². The molecule has 44 heavy (non-hydrogen) atoms. The Hall–Kier alpha value is -2.31. The van der Waals surface area contributed by atoms with Crippen LogP contribution in [0.1, 0.15) is 92.4 Å². The zero-order valence-corrected chi connectivity index (χ0v) is 31.3. The van der Waals surface area contributed by atoms with E-state index in [1.807, 2.05) is 0 Å². The van der Waals surface area contributed by atoms with Crippen molar-refractivity contribution in [2.75, 3.05) is 0 Å². The van der Waals surface area contributed by atoms with Crippen LogP contribution in [0.2, 0.25) is 3.63 Å². The van der Waals surface area contributed by atoms with Gasteiger partial charge in [-0.15, -0.1) is 0 Å². The van der Waals surface area contributed by atoms with Crippen molar-refractivity contribution >= 4 is 20.2 Å². The van der Waals surface area contributed by atoms with Crippen molar-refractivity contribution in [1.29, 1.82) is 0 Å². The summed E-state index contributed by atoms with van der Waals surface area (Å²) in [5.74, 6) is 0. The molecule has 0 saturated heterocycles.